The molecule has 3 aromatic carbocycles. The van der Waals surface area contributed by atoms with Gasteiger partial charge >= 0.3 is 0 Å². The molecule has 1 atom stereocenters. The van der Waals surface area contributed by atoms with Crippen molar-refractivity contribution in [3.8, 4) is 5.75 Å². The highest BCUT2D eigenvalue weighted by molar-refractivity contribution is 7.92. The molecule has 0 aromatic heterocycles. The van der Waals surface area contributed by atoms with Crippen molar-refractivity contribution in [1.82, 2.24) is 10.2 Å². The highest BCUT2D eigenvalue weighted by Gasteiger charge is 2.34. The fourth-order valence-corrected chi connectivity index (χ4v) is 6.88. The van der Waals surface area contributed by atoms with Gasteiger partial charge in [0.05, 0.1) is 17.2 Å². The normalized spacial score (nSPS) is 14.5. The molecule has 3 aromatic rings. The molecular weight excluding hydrogens is 586 g/mol. The number of carbonyl (C=O) groups excluding carboxylic acids is 2. The van der Waals surface area contributed by atoms with Crippen LogP contribution in [-0.4, -0.2) is 56.9 Å². The molecule has 0 aliphatic heterocycles. The van der Waals surface area contributed by atoms with Crippen LogP contribution in [0.3, 0.4) is 0 Å². The van der Waals surface area contributed by atoms with Crippen LogP contribution in [0.25, 0.3) is 0 Å². The topological polar surface area (TPSA) is 96.0 Å². The van der Waals surface area contributed by atoms with E-state index >= 15 is 0 Å². The molecule has 4 rings (SSSR count). The Morgan fingerprint density at radius 1 is 0.953 bits per heavy atom. The minimum absolute atomic E-state index is 0.0186. The fourth-order valence-electron chi connectivity index (χ4n) is 5.33. The fraction of sp³-hybridized carbons (Fsp3) is 0.394. The standard InChI is InChI=1S/C33H40ClN3O5S/c1-3-42-31-17-11-10-16-30(31)37(43(40,41)29-20-18-27(34)19-21-29)24-32(38)36(23-22-26-12-6-4-7-13-26)25(2)33(39)35-28-14-8-5-9-15-28/h4,6-7,10-13,16-21,25,28H,3,5,8-9,14-15,22-24H2,1-2H3,(H,35,39)/t25-/m1/s1. The van der Waals surface area contributed by atoms with Crippen LogP contribution < -0.4 is 14.4 Å². The van der Waals surface area contributed by atoms with Gasteiger partial charge in [0.1, 0.15) is 18.3 Å². The number of ether oxygens (including phenoxy) is 1. The van der Waals surface area contributed by atoms with Crippen molar-refractivity contribution in [2.24, 2.45) is 0 Å². The molecule has 0 radical (unpaired) electrons. The van der Waals surface area contributed by atoms with E-state index in [4.69, 9.17) is 16.3 Å². The van der Waals surface area contributed by atoms with E-state index in [9.17, 15) is 18.0 Å². The van der Waals surface area contributed by atoms with Gasteiger partial charge in [-0.2, -0.15) is 0 Å². The van der Waals surface area contributed by atoms with Gasteiger partial charge in [0, 0.05) is 17.6 Å². The summed E-state index contributed by atoms with van der Waals surface area (Å²) in [6, 6.07) is 21.5. The minimum atomic E-state index is -4.23. The summed E-state index contributed by atoms with van der Waals surface area (Å²) in [5.74, 6) is -0.407. The molecule has 0 bridgehead atoms. The van der Waals surface area contributed by atoms with E-state index in [1.54, 1.807) is 38.1 Å². The number of halogens is 1. The number of carbonyl (C=O) groups is 2. The minimum Gasteiger partial charge on any atom is -0.492 e. The predicted molar refractivity (Wildman–Crippen MR) is 170 cm³/mol. The van der Waals surface area contributed by atoms with Gasteiger partial charge in [-0.05, 0) is 75.1 Å². The summed E-state index contributed by atoms with van der Waals surface area (Å²) >= 11 is 6.04. The van der Waals surface area contributed by atoms with Crippen molar-refractivity contribution >= 4 is 39.1 Å². The van der Waals surface area contributed by atoms with E-state index in [1.807, 2.05) is 30.3 Å². The van der Waals surface area contributed by atoms with Crippen LogP contribution in [0.15, 0.2) is 83.8 Å². The van der Waals surface area contributed by atoms with Crippen molar-refractivity contribution in [3.63, 3.8) is 0 Å². The van der Waals surface area contributed by atoms with Gasteiger partial charge in [0.2, 0.25) is 11.8 Å². The molecule has 230 valence electrons. The maximum atomic E-state index is 14.2. The third-order valence-corrected chi connectivity index (χ3v) is 9.74. The lowest BCUT2D eigenvalue weighted by Crippen LogP contribution is -2.53. The molecular formula is C33H40ClN3O5S. The number of benzene rings is 3. The van der Waals surface area contributed by atoms with Crippen LogP contribution >= 0.6 is 11.6 Å². The Hall–Kier alpha value is -3.56. The Labute approximate surface area is 260 Å². The quantitative estimate of drug-likeness (QED) is 0.257. The summed E-state index contributed by atoms with van der Waals surface area (Å²) in [6.07, 6.45) is 5.62. The molecule has 1 fully saturated rings. The molecule has 0 spiro atoms. The lowest BCUT2D eigenvalue weighted by atomic mass is 9.95. The summed E-state index contributed by atoms with van der Waals surface area (Å²) < 4.78 is 35.0. The van der Waals surface area contributed by atoms with Gasteiger partial charge in [-0.3, -0.25) is 13.9 Å². The first-order valence-corrected chi connectivity index (χ1v) is 16.7. The number of hydrogen-bond donors (Lipinski definition) is 1. The lowest BCUT2D eigenvalue weighted by Gasteiger charge is -2.33. The average Bonchev–Trinajstić information content (AvgIpc) is 3.01. The van der Waals surface area contributed by atoms with Gasteiger partial charge in [-0.25, -0.2) is 8.42 Å². The van der Waals surface area contributed by atoms with Crippen molar-refractivity contribution in [2.45, 2.75) is 69.4 Å². The Bertz CT molecular complexity index is 1460. The second kappa shape index (κ2) is 15.3. The van der Waals surface area contributed by atoms with E-state index in [-0.39, 0.29) is 29.1 Å². The number of nitrogens with one attached hydrogen (secondary N) is 1. The number of para-hydroxylation sites is 2. The highest BCUT2D eigenvalue weighted by Crippen LogP contribution is 2.33. The van der Waals surface area contributed by atoms with Crippen LogP contribution in [0.2, 0.25) is 5.02 Å². The number of rotatable bonds is 13. The first kappa shape index (κ1) is 32.4. The first-order chi connectivity index (χ1) is 20.7. The van der Waals surface area contributed by atoms with Crippen molar-refractivity contribution in [1.29, 1.82) is 0 Å². The Morgan fingerprint density at radius 3 is 2.28 bits per heavy atom. The molecule has 1 aliphatic rings. The number of sulfonamides is 1. The monoisotopic (exact) mass is 625 g/mol. The maximum Gasteiger partial charge on any atom is 0.264 e. The molecule has 0 heterocycles. The Morgan fingerprint density at radius 2 is 1.60 bits per heavy atom. The van der Waals surface area contributed by atoms with Crippen LogP contribution in [0.4, 0.5) is 5.69 Å². The van der Waals surface area contributed by atoms with Gasteiger partial charge < -0.3 is 15.0 Å². The maximum absolute atomic E-state index is 14.2. The Kier molecular flexibility index (Phi) is 11.5. The molecule has 0 saturated heterocycles. The SMILES string of the molecule is CCOc1ccccc1N(CC(=O)N(CCc1ccccc1)[C@H](C)C(=O)NC1CCCCC1)S(=O)(=O)c1ccc(Cl)cc1. The third-order valence-electron chi connectivity index (χ3n) is 7.72. The number of hydrogen-bond acceptors (Lipinski definition) is 5. The zero-order valence-corrected chi connectivity index (χ0v) is 26.3. The van der Waals surface area contributed by atoms with Crippen LogP contribution in [0.1, 0.15) is 51.5 Å². The summed E-state index contributed by atoms with van der Waals surface area (Å²) in [5, 5.41) is 3.52. The van der Waals surface area contributed by atoms with Gasteiger partial charge in [-0.1, -0.05) is 73.3 Å². The molecule has 0 unspecified atom stereocenters. The van der Waals surface area contributed by atoms with Gasteiger partial charge in [-0.15, -0.1) is 0 Å². The number of nitrogens with zero attached hydrogens (tertiary/aromatic N) is 2. The van der Waals surface area contributed by atoms with Crippen LogP contribution in [-0.2, 0) is 26.0 Å². The van der Waals surface area contributed by atoms with Crippen LogP contribution in [0, 0.1) is 0 Å². The van der Waals surface area contributed by atoms with E-state index in [2.05, 4.69) is 5.32 Å². The largest absolute Gasteiger partial charge is 0.492 e. The van der Waals surface area contributed by atoms with E-state index in [0.717, 1.165) is 42.0 Å². The predicted octanol–water partition coefficient (Wildman–Crippen LogP) is 5.84. The second-order valence-electron chi connectivity index (χ2n) is 10.7. The van der Waals surface area contributed by atoms with Crippen molar-refractivity contribution in [2.75, 3.05) is 24.0 Å². The summed E-state index contributed by atoms with van der Waals surface area (Å²) in [5.41, 5.74) is 1.24. The average molecular weight is 626 g/mol. The number of amides is 2. The molecule has 10 heteroatoms. The molecule has 1 N–H and O–H groups in total. The zero-order valence-electron chi connectivity index (χ0n) is 24.7. The smallest absolute Gasteiger partial charge is 0.264 e. The lowest BCUT2D eigenvalue weighted by molar-refractivity contribution is -0.139. The molecule has 1 aliphatic carbocycles. The molecule has 2 amide bonds. The van der Waals surface area contributed by atoms with E-state index in [1.165, 1.54) is 29.2 Å². The van der Waals surface area contributed by atoms with Gasteiger partial charge in [0.25, 0.3) is 10.0 Å². The van der Waals surface area contributed by atoms with Gasteiger partial charge in [0.15, 0.2) is 0 Å². The molecule has 1 saturated carbocycles. The zero-order chi connectivity index (χ0) is 30.8. The summed E-state index contributed by atoms with van der Waals surface area (Å²) in [4.78, 5) is 29.1. The Balaban J connectivity index is 1.67. The van der Waals surface area contributed by atoms with Crippen molar-refractivity contribution in [3.05, 3.63) is 89.4 Å². The second-order valence-corrected chi connectivity index (χ2v) is 13.0. The first-order valence-electron chi connectivity index (χ1n) is 14.8. The summed E-state index contributed by atoms with van der Waals surface area (Å²) in [6.45, 7) is 3.53. The molecule has 43 heavy (non-hydrogen) atoms. The highest BCUT2D eigenvalue weighted by atomic mass is 35.5. The van der Waals surface area contributed by atoms with Crippen molar-refractivity contribution < 1.29 is 22.7 Å². The molecule has 8 nitrogen and oxygen atoms in total. The third kappa shape index (κ3) is 8.51. The summed E-state index contributed by atoms with van der Waals surface area (Å²) in [7, 11) is -4.23. The van der Waals surface area contributed by atoms with E-state index < -0.39 is 28.5 Å². The van der Waals surface area contributed by atoms with Crippen LogP contribution in [0.5, 0.6) is 5.75 Å². The number of anilines is 1. The van der Waals surface area contributed by atoms with E-state index in [0.29, 0.717) is 23.8 Å².